The molecule has 3 aromatic rings. The summed E-state index contributed by atoms with van der Waals surface area (Å²) < 4.78 is 41.2. The fourth-order valence-corrected chi connectivity index (χ4v) is 4.12. The van der Waals surface area contributed by atoms with Crippen molar-refractivity contribution in [2.24, 2.45) is 0 Å². The molecule has 0 fully saturated rings. The van der Waals surface area contributed by atoms with Crippen molar-refractivity contribution in [2.75, 3.05) is 10.0 Å². The van der Waals surface area contributed by atoms with Gasteiger partial charge in [-0.3, -0.25) is 9.52 Å². The topological polar surface area (TPSA) is 75.3 Å². The van der Waals surface area contributed by atoms with Gasteiger partial charge in [-0.15, -0.1) is 0 Å². The van der Waals surface area contributed by atoms with E-state index in [4.69, 9.17) is 34.8 Å². The van der Waals surface area contributed by atoms with Crippen molar-refractivity contribution in [3.63, 3.8) is 0 Å². The average molecular weight is 488 g/mol. The summed E-state index contributed by atoms with van der Waals surface area (Å²) in [7, 11) is -4.11. The Morgan fingerprint density at radius 3 is 2.27 bits per heavy atom. The van der Waals surface area contributed by atoms with Crippen molar-refractivity contribution in [3.05, 3.63) is 87.1 Å². The van der Waals surface area contributed by atoms with Crippen molar-refractivity contribution in [2.45, 2.75) is 11.3 Å². The van der Waals surface area contributed by atoms with Crippen LogP contribution in [0.1, 0.15) is 5.56 Å². The molecule has 0 bridgehead atoms. The van der Waals surface area contributed by atoms with Crippen molar-refractivity contribution in [3.8, 4) is 0 Å². The number of amides is 1. The molecule has 0 radical (unpaired) electrons. The Morgan fingerprint density at radius 2 is 1.57 bits per heavy atom. The molecule has 3 aromatic carbocycles. The summed E-state index contributed by atoms with van der Waals surface area (Å²) in [6, 6.07) is 13.9. The molecule has 0 aliphatic rings. The van der Waals surface area contributed by atoms with Crippen LogP contribution in [0.3, 0.4) is 0 Å². The van der Waals surface area contributed by atoms with Crippen LogP contribution in [0.5, 0.6) is 0 Å². The van der Waals surface area contributed by atoms with Crippen molar-refractivity contribution in [1.82, 2.24) is 0 Å². The van der Waals surface area contributed by atoms with E-state index in [1.165, 1.54) is 36.4 Å². The highest BCUT2D eigenvalue weighted by Crippen LogP contribution is 2.28. The van der Waals surface area contributed by atoms with Gasteiger partial charge in [0.1, 0.15) is 5.82 Å². The first kappa shape index (κ1) is 22.4. The van der Waals surface area contributed by atoms with E-state index in [-0.39, 0.29) is 27.7 Å². The summed E-state index contributed by atoms with van der Waals surface area (Å²) in [5.41, 5.74) is 0.513. The molecule has 0 saturated carbocycles. The first-order chi connectivity index (χ1) is 14.2. The van der Waals surface area contributed by atoms with Gasteiger partial charge in [0.25, 0.3) is 10.0 Å². The van der Waals surface area contributed by atoms with Crippen LogP contribution in [0.4, 0.5) is 15.8 Å². The number of hydrogen-bond donors (Lipinski definition) is 2. The fraction of sp³-hybridized carbons (Fsp3) is 0.0500. The minimum absolute atomic E-state index is 0.0301. The van der Waals surface area contributed by atoms with Gasteiger partial charge in [0, 0.05) is 0 Å². The number of hydrogen-bond acceptors (Lipinski definition) is 3. The lowest BCUT2D eigenvalue weighted by atomic mass is 10.1. The fourth-order valence-electron chi connectivity index (χ4n) is 2.54. The van der Waals surface area contributed by atoms with E-state index >= 15 is 0 Å². The second-order valence-corrected chi connectivity index (χ2v) is 9.10. The van der Waals surface area contributed by atoms with Crippen LogP contribution in [-0.2, 0) is 21.2 Å². The number of carbonyl (C=O) groups is 1. The van der Waals surface area contributed by atoms with Crippen LogP contribution >= 0.6 is 34.8 Å². The van der Waals surface area contributed by atoms with Crippen LogP contribution in [-0.4, -0.2) is 14.3 Å². The second kappa shape index (κ2) is 9.22. The number of rotatable bonds is 6. The van der Waals surface area contributed by atoms with E-state index < -0.39 is 21.7 Å². The molecule has 0 aliphatic heterocycles. The number of para-hydroxylation sites is 1. The molecule has 1 amide bonds. The Labute approximate surface area is 187 Å². The summed E-state index contributed by atoms with van der Waals surface area (Å²) in [5.74, 6) is -1.16. The standard InChI is InChI=1S/C20H14Cl3FN2O3S/c21-14-7-5-12(9-16(14)23)10-20(27)25-19-11-13(6-8-15(19)22)30(28,29)26-18-4-2-1-3-17(18)24/h1-9,11,26H,10H2,(H,25,27). The monoisotopic (exact) mass is 486 g/mol. The SMILES string of the molecule is O=C(Cc1ccc(Cl)c(Cl)c1)Nc1cc(S(=O)(=O)Nc2ccccc2F)ccc1Cl. The van der Waals surface area contributed by atoms with Crippen LogP contribution in [0, 0.1) is 5.82 Å². The van der Waals surface area contributed by atoms with E-state index in [9.17, 15) is 17.6 Å². The third kappa shape index (κ3) is 5.43. The summed E-state index contributed by atoms with van der Waals surface area (Å²) in [6.45, 7) is 0. The van der Waals surface area contributed by atoms with Crippen LogP contribution < -0.4 is 10.0 Å². The molecular weight excluding hydrogens is 474 g/mol. The number of nitrogens with one attached hydrogen (secondary N) is 2. The van der Waals surface area contributed by atoms with E-state index in [1.807, 2.05) is 0 Å². The van der Waals surface area contributed by atoms with Gasteiger partial charge in [0.05, 0.1) is 37.8 Å². The lowest BCUT2D eigenvalue weighted by Gasteiger charge is -2.12. The second-order valence-electron chi connectivity index (χ2n) is 6.20. The molecule has 0 aromatic heterocycles. The first-order valence-corrected chi connectivity index (χ1v) is 11.1. The third-order valence-electron chi connectivity index (χ3n) is 3.99. The van der Waals surface area contributed by atoms with Crippen LogP contribution in [0.2, 0.25) is 15.1 Å². The molecule has 156 valence electrons. The largest absolute Gasteiger partial charge is 0.324 e. The van der Waals surface area contributed by atoms with Crippen molar-refractivity contribution in [1.29, 1.82) is 0 Å². The van der Waals surface area contributed by atoms with Gasteiger partial charge in [-0.1, -0.05) is 53.0 Å². The van der Waals surface area contributed by atoms with Gasteiger partial charge in [-0.25, -0.2) is 12.8 Å². The van der Waals surface area contributed by atoms with E-state index in [2.05, 4.69) is 10.0 Å². The van der Waals surface area contributed by atoms with Crippen LogP contribution in [0.15, 0.2) is 65.6 Å². The highest BCUT2D eigenvalue weighted by Gasteiger charge is 2.18. The van der Waals surface area contributed by atoms with Gasteiger partial charge in [-0.2, -0.15) is 0 Å². The molecule has 0 atom stereocenters. The van der Waals surface area contributed by atoms with Gasteiger partial charge in [0.15, 0.2) is 0 Å². The number of halogens is 4. The van der Waals surface area contributed by atoms with Crippen LogP contribution in [0.25, 0.3) is 0 Å². The molecule has 0 saturated heterocycles. The molecule has 2 N–H and O–H groups in total. The zero-order valence-corrected chi connectivity index (χ0v) is 18.2. The van der Waals surface area contributed by atoms with Crippen molar-refractivity contribution >= 4 is 62.1 Å². The molecule has 0 heterocycles. The summed E-state index contributed by atoms with van der Waals surface area (Å²) >= 11 is 17.9. The lowest BCUT2D eigenvalue weighted by molar-refractivity contribution is -0.115. The zero-order valence-electron chi connectivity index (χ0n) is 15.1. The highest BCUT2D eigenvalue weighted by molar-refractivity contribution is 7.92. The molecule has 10 heteroatoms. The maximum Gasteiger partial charge on any atom is 0.262 e. The molecular formula is C20H14Cl3FN2O3S. The number of sulfonamides is 1. The van der Waals surface area contributed by atoms with E-state index in [0.717, 1.165) is 6.07 Å². The Kier molecular flexibility index (Phi) is 6.88. The normalized spacial score (nSPS) is 11.2. The highest BCUT2D eigenvalue weighted by atomic mass is 35.5. The Morgan fingerprint density at radius 1 is 0.867 bits per heavy atom. The quantitative estimate of drug-likeness (QED) is 0.464. The van der Waals surface area contributed by atoms with Gasteiger partial charge >= 0.3 is 0 Å². The summed E-state index contributed by atoms with van der Waals surface area (Å²) in [6.07, 6.45) is -0.0301. The minimum atomic E-state index is -4.11. The van der Waals surface area contributed by atoms with Gasteiger partial charge < -0.3 is 5.32 Å². The predicted molar refractivity (Wildman–Crippen MR) is 117 cm³/mol. The summed E-state index contributed by atoms with van der Waals surface area (Å²) in [5, 5.41) is 3.39. The minimum Gasteiger partial charge on any atom is -0.324 e. The number of benzene rings is 3. The molecule has 0 unspecified atom stereocenters. The van der Waals surface area contributed by atoms with Crippen molar-refractivity contribution < 1.29 is 17.6 Å². The smallest absolute Gasteiger partial charge is 0.262 e. The summed E-state index contributed by atoms with van der Waals surface area (Å²) in [4.78, 5) is 12.2. The zero-order chi connectivity index (χ0) is 21.9. The predicted octanol–water partition coefficient (Wildman–Crippen LogP) is 5.77. The Balaban J connectivity index is 1.79. The Bertz CT molecular complexity index is 1220. The lowest BCUT2D eigenvalue weighted by Crippen LogP contribution is -2.17. The first-order valence-electron chi connectivity index (χ1n) is 8.46. The van der Waals surface area contributed by atoms with E-state index in [0.29, 0.717) is 15.6 Å². The Hall–Kier alpha value is -2.32. The molecule has 3 rings (SSSR count). The average Bonchev–Trinajstić information content (AvgIpc) is 2.68. The van der Waals surface area contributed by atoms with E-state index in [1.54, 1.807) is 18.2 Å². The van der Waals surface area contributed by atoms with Gasteiger partial charge in [0.2, 0.25) is 5.91 Å². The maximum absolute atomic E-state index is 13.8. The number of anilines is 2. The van der Waals surface area contributed by atoms with Gasteiger partial charge in [-0.05, 0) is 48.0 Å². The molecule has 5 nitrogen and oxygen atoms in total. The molecule has 0 aliphatic carbocycles. The third-order valence-corrected chi connectivity index (χ3v) is 6.42. The molecule has 0 spiro atoms. The molecule has 30 heavy (non-hydrogen) atoms. The number of carbonyl (C=O) groups excluding carboxylic acids is 1. The maximum atomic E-state index is 13.8.